The highest BCUT2D eigenvalue weighted by Crippen LogP contribution is 2.36. The van der Waals surface area contributed by atoms with Gasteiger partial charge in [0.15, 0.2) is 11.5 Å². The summed E-state index contributed by atoms with van der Waals surface area (Å²) in [6.07, 6.45) is 1.91. The van der Waals surface area contributed by atoms with Crippen molar-refractivity contribution in [3.63, 3.8) is 0 Å². The van der Waals surface area contributed by atoms with E-state index in [4.69, 9.17) is 21.1 Å². The van der Waals surface area contributed by atoms with Crippen molar-refractivity contribution in [3.05, 3.63) is 38.8 Å². The predicted molar refractivity (Wildman–Crippen MR) is 100 cm³/mol. The molecule has 0 saturated heterocycles. The predicted octanol–water partition coefficient (Wildman–Crippen LogP) is 4.84. The second-order valence-corrected chi connectivity index (χ2v) is 6.73. The summed E-state index contributed by atoms with van der Waals surface area (Å²) in [5.41, 5.74) is 2.15. The van der Waals surface area contributed by atoms with Crippen LogP contribution in [-0.2, 0) is 19.5 Å². The standard InChI is InChI=1S/C18H25ClN2O2S/c1-4-7-23-18-15(19)8-13(9-16(18)22-6-3)10-20-11-14-12-24-17(5-2)21-14/h8-9,12,20H,4-7,10-11H2,1-3H3. The van der Waals surface area contributed by atoms with Gasteiger partial charge in [-0.1, -0.05) is 25.4 Å². The third kappa shape index (κ3) is 5.36. The Morgan fingerprint density at radius 3 is 2.67 bits per heavy atom. The lowest BCUT2D eigenvalue weighted by molar-refractivity contribution is 0.277. The van der Waals surface area contributed by atoms with E-state index < -0.39 is 0 Å². The summed E-state index contributed by atoms with van der Waals surface area (Å²) in [5.74, 6) is 1.34. The summed E-state index contributed by atoms with van der Waals surface area (Å²) in [7, 11) is 0. The highest BCUT2D eigenvalue weighted by Gasteiger charge is 2.12. The first-order valence-corrected chi connectivity index (χ1v) is 9.65. The zero-order valence-electron chi connectivity index (χ0n) is 14.5. The van der Waals surface area contributed by atoms with Gasteiger partial charge in [0.25, 0.3) is 0 Å². The maximum absolute atomic E-state index is 6.38. The van der Waals surface area contributed by atoms with Crippen LogP contribution >= 0.6 is 22.9 Å². The number of nitrogens with one attached hydrogen (secondary N) is 1. The van der Waals surface area contributed by atoms with Crippen LogP contribution in [0.4, 0.5) is 0 Å². The molecule has 0 saturated carbocycles. The van der Waals surface area contributed by atoms with Gasteiger partial charge in [0.1, 0.15) is 0 Å². The number of aryl methyl sites for hydroxylation is 1. The van der Waals surface area contributed by atoms with Gasteiger partial charge in [-0.25, -0.2) is 4.98 Å². The molecular formula is C18H25ClN2O2S. The minimum absolute atomic E-state index is 0.578. The van der Waals surface area contributed by atoms with Crippen molar-refractivity contribution >= 4 is 22.9 Å². The fourth-order valence-electron chi connectivity index (χ4n) is 2.26. The van der Waals surface area contributed by atoms with Gasteiger partial charge in [-0.15, -0.1) is 11.3 Å². The lowest BCUT2D eigenvalue weighted by Crippen LogP contribution is -2.13. The largest absolute Gasteiger partial charge is 0.490 e. The molecule has 1 heterocycles. The van der Waals surface area contributed by atoms with Gasteiger partial charge in [-0.2, -0.15) is 0 Å². The van der Waals surface area contributed by atoms with E-state index in [1.807, 2.05) is 19.1 Å². The fraction of sp³-hybridized carbons (Fsp3) is 0.500. The maximum Gasteiger partial charge on any atom is 0.179 e. The Hall–Kier alpha value is -1.30. The van der Waals surface area contributed by atoms with Crippen LogP contribution in [0.1, 0.15) is 43.5 Å². The van der Waals surface area contributed by atoms with E-state index >= 15 is 0 Å². The number of benzene rings is 1. The number of ether oxygens (including phenoxy) is 2. The Morgan fingerprint density at radius 1 is 1.17 bits per heavy atom. The van der Waals surface area contributed by atoms with Crippen molar-refractivity contribution in [2.24, 2.45) is 0 Å². The Labute approximate surface area is 153 Å². The first kappa shape index (κ1) is 19.0. The highest BCUT2D eigenvalue weighted by molar-refractivity contribution is 7.09. The number of nitrogens with zero attached hydrogens (tertiary/aromatic N) is 1. The normalized spacial score (nSPS) is 10.8. The van der Waals surface area contributed by atoms with Crippen LogP contribution in [0.3, 0.4) is 0 Å². The highest BCUT2D eigenvalue weighted by atomic mass is 35.5. The van der Waals surface area contributed by atoms with Gasteiger partial charge >= 0.3 is 0 Å². The third-order valence-corrected chi connectivity index (χ3v) is 4.68. The molecule has 0 aliphatic rings. The number of aromatic nitrogens is 1. The maximum atomic E-state index is 6.38. The van der Waals surface area contributed by atoms with Crippen LogP contribution < -0.4 is 14.8 Å². The smallest absolute Gasteiger partial charge is 0.179 e. The summed E-state index contributed by atoms with van der Waals surface area (Å²) in [6.45, 7) is 8.79. The van der Waals surface area contributed by atoms with Gasteiger partial charge in [0, 0.05) is 18.5 Å². The molecule has 2 aromatic rings. The molecule has 1 N–H and O–H groups in total. The topological polar surface area (TPSA) is 43.4 Å². The molecule has 0 unspecified atom stereocenters. The van der Waals surface area contributed by atoms with Gasteiger partial charge in [0.05, 0.1) is 28.9 Å². The first-order chi connectivity index (χ1) is 11.7. The Kier molecular flexibility index (Phi) is 7.82. The molecule has 0 aliphatic carbocycles. The van der Waals surface area contributed by atoms with E-state index in [1.165, 1.54) is 5.01 Å². The van der Waals surface area contributed by atoms with Gasteiger partial charge in [-0.3, -0.25) is 0 Å². The molecule has 6 heteroatoms. The molecule has 0 amide bonds. The van der Waals surface area contributed by atoms with Crippen LogP contribution in [0.5, 0.6) is 11.5 Å². The zero-order valence-corrected chi connectivity index (χ0v) is 16.1. The van der Waals surface area contributed by atoms with Crippen LogP contribution in [0.2, 0.25) is 5.02 Å². The number of hydrogen-bond acceptors (Lipinski definition) is 5. The molecule has 0 aliphatic heterocycles. The third-order valence-electron chi connectivity index (χ3n) is 3.36. The molecule has 0 spiro atoms. The summed E-state index contributed by atoms with van der Waals surface area (Å²) in [4.78, 5) is 4.56. The minimum atomic E-state index is 0.578. The minimum Gasteiger partial charge on any atom is -0.490 e. The van der Waals surface area contributed by atoms with Gasteiger partial charge in [0.2, 0.25) is 0 Å². The van der Waals surface area contributed by atoms with Crippen molar-refractivity contribution in [2.75, 3.05) is 13.2 Å². The number of hydrogen-bond donors (Lipinski definition) is 1. The fourth-order valence-corrected chi connectivity index (χ4v) is 3.29. The second kappa shape index (κ2) is 9.87. The Bertz CT molecular complexity index is 646. The summed E-state index contributed by atoms with van der Waals surface area (Å²) in [5, 5.41) is 7.27. The Balaban J connectivity index is 2.01. The van der Waals surface area contributed by atoms with Crippen molar-refractivity contribution in [3.8, 4) is 11.5 Å². The van der Waals surface area contributed by atoms with Crippen LogP contribution in [-0.4, -0.2) is 18.2 Å². The molecule has 132 valence electrons. The molecule has 24 heavy (non-hydrogen) atoms. The quantitative estimate of drug-likeness (QED) is 0.651. The monoisotopic (exact) mass is 368 g/mol. The van der Waals surface area contributed by atoms with Crippen molar-refractivity contribution in [1.29, 1.82) is 0 Å². The number of rotatable bonds is 10. The molecule has 4 nitrogen and oxygen atoms in total. The Morgan fingerprint density at radius 2 is 2.00 bits per heavy atom. The average molecular weight is 369 g/mol. The van der Waals surface area contributed by atoms with E-state index in [2.05, 4.69) is 29.5 Å². The number of thiazole rings is 1. The molecule has 0 fully saturated rings. The van der Waals surface area contributed by atoms with Gasteiger partial charge in [-0.05, 0) is 37.5 Å². The summed E-state index contributed by atoms with van der Waals surface area (Å²) < 4.78 is 11.4. The second-order valence-electron chi connectivity index (χ2n) is 5.38. The first-order valence-electron chi connectivity index (χ1n) is 8.39. The molecule has 0 atom stereocenters. The van der Waals surface area contributed by atoms with E-state index in [0.29, 0.717) is 36.3 Å². The number of halogens is 1. The average Bonchev–Trinajstić information content (AvgIpc) is 3.02. The SMILES string of the molecule is CCCOc1c(Cl)cc(CNCc2csc(CC)n2)cc1OCC. The molecule has 1 aromatic carbocycles. The molecule has 1 aromatic heterocycles. The molecular weight excluding hydrogens is 344 g/mol. The van der Waals surface area contributed by atoms with E-state index in [0.717, 1.165) is 30.6 Å². The molecule has 0 radical (unpaired) electrons. The van der Waals surface area contributed by atoms with Crippen LogP contribution in [0.15, 0.2) is 17.5 Å². The summed E-state index contributed by atoms with van der Waals surface area (Å²) >= 11 is 8.09. The van der Waals surface area contributed by atoms with Crippen molar-refractivity contribution < 1.29 is 9.47 Å². The van der Waals surface area contributed by atoms with Gasteiger partial charge < -0.3 is 14.8 Å². The van der Waals surface area contributed by atoms with Crippen LogP contribution in [0.25, 0.3) is 0 Å². The molecule has 2 rings (SSSR count). The molecule has 0 bridgehead atoms. The van der Waals surface area contributed by atoms with E-state index in [-0.39, 0.29) is 0 Å². The van der Waals surface area contributed by atoms with Crippen molar-refractivity contribution in [1.82, 2.24) is 10.3 Å². The van der Waals surface area contributed by atoms with Crippen molar-refractivity contribution in [2.45, 2.75) is 46.7 Å². The lowest BCUT2D eigenvalue weighted by atomic mass is 10.2. The lowest BCUT2D eigenvalue weighted by Gasteiger charge is -2.15. The van der Waals surface area contributed by atoms with Crippen LogP contribution in [0, 0.1) is 0 Å². The van der Waals surface area contributed by atoms with E-state index in [1.54, 1.807) is 11.3 Å². The summed E-state index contributed by atoms with van der Waals surface area (Å²) in [6, 6.07) is 3.92. The van der Waals surface area contributed by atoms with E-state index in [9.17, 15) is 0 Å². The zero-order chi connectivity index (χ0) is 17.4.